The highest BCUT2D eigenvalue weighted by molar-refractivity contribution is 6.31. The minimum absolute atomic E-state index is 0.0154. The number of nitrogens with zero attached hydrogens (tertiary/aromatic N) is 1. The van der Waals surface area contributed by atoms with E-state index >= 15 is 0 Å². The second kappa shape index (κ2) is 7.07. The van der Waals surface area contributed by atoms with E-state index in [1.807, 2.05) is 0 Å². The molecule has 1 aromatic carbocycles. The van der Waals surface area contributed by atoms with E-state index in [1.165, 1.54) is 12.0 Å². The largest absolute Gasteiger partial charge is 0.467 e. The molecule has 0 N–H and O–H groups in total. The van der Waals surface area contributed by atoms with Crippen molar-refractivity contribution in [3.05, 3.63) is 35.4 Å². The Morgan fingerprint density at radius 1 is 1.36 bits per heavy atom. The quantitative estimate of drug-likeness (QED) is 0.614. The summed E-state index contributed by atoms with van der Waals surface area (Å²) in [7, 11) is 1.40. The Hall–Kier alpha value is -1.66. The van der Waals surface area contributed by atoms with E-state index in [9.17, 15) is 13.6 Å². The number of hydrogen-bond donors (Lipinski definition) is 0. The van der Waals surface area contributed by atoms with Gasteiger partial charge in [0.25, 0.3) is 0 Å². The Bertz CT molecular complexity index is 583. The summed E-state index contributed by atoms with van der Waals surface area (Å²) >= 11 is 5.90. The van der Waals surface area contributed by atoms with Crippen LogP contribution in [0.1, 0.15) is 18.9 Å². The van der Waals surface area contributed by atoms with E-state index in [4.69, 9.17) is 16.3 Å². The first-order valence-electron chi connectivity index (χ1n) is 6.76. The summed E-state index contributed by atoms with van der Waals surface area (Å²) in [5, 5.41) is -0.709. The van der Waals surface area contributed by atoms with E-state index in [0.717, 1.165) is 12.1 Å². The van der Waals surface area contributed by atoms with Crippen molar-refractivity contribution in [3.63, 3.8) is 0 Å². The van der Waals surface area contributed by atoms with Gasteiger partial charge in [-0.1, -0.05) is 6.08 Å². The first-order valence-corrected chi connectivity index (χ1v) is 7.20. The molecule has 1 unspecified atom stereocenters. The van der Waals surface area contributed by atoms with Gasteiger partial charge in [-0.15, -0.1) is 11.6 Å². The van der Waals surface area contributed by atoms with Crippen LogP contribution in [-0.4, -0.2) is 36.6 Å². The van der Waals surface area contributed by atoms with Gasteiger partial charge in [-0.05, 0) is 13.3 Å². The van der Waals surface area contributed by atoms with E-state index < -0.39 is 17.0 Å². The molecule has 2 rings (SSSR count). The van der Waals surface area contributed by atoms with E-state index in [1.54, 1.807) is 13.0 Å². The van der Waals surface area contributed by atoms with Gasteiger partial charge in [0.05, 0.1) is 11.3 Å². The third-order valence-corrected chi connectivity index (χ3v) is 3.64. The SMILES string of the molecule is CCN1C(=O)C(Cl)CC=C1c1c(F)cc(OCOC)cc1F. The van der Waals surface area contributed by atoms with Crippen molar-refractivity contribution in [3.8, 4) is 5.75 Å². The molecule has 1 aliphatic rings. The molecular formula is C15H16ClF2NO3. The number of benzene rings is 1. The van der Waals surface area contributed by atoms with Crippen LogP contribution >= 0.6 is 11.6 Å². The van der Waals surface area contributed by atoms with E-state index in [-0.39, 0.29) is 42.7 Å². The predicted molar refractivity (Wildman–Crippen MR) is 78.5 cm³/mol. The average molecular weight is 332 g/mol. The Balaban J connectivity index is 2.41. The smallest absolute Gasteiger partial charge is 0.245 e. The Morgan fingerprint density at radius 3 is 2.55 bits per heavy atom. The summed E-state index contributed by atoms with van der Waals surface area (Å²) in [6.07, 6.45) is 1.80. The molecular weight excluding hydrogens is 316 g/mol. The van der Waals surface area contributed by atoms with Crippen LogP contribution in [0.15, 0.2) is 18.2 Å². The predicted octanol–water partition coefficient (Wildman–Crippen LogP) is 3.15. The van der Waals surface area contributed by atoms with Gasteiger partial charge in [-0.3, -0.25) is 4.79 Å². The van der Waals surface area contributed by atoms with E-state index in [2.05, 4.69) is 4.74 Å². The number of allylic oxidation sites excluding steroid dienone is 1. The lowest BCUT2D eigenvalue weighted by atomic mass is 10.0. The Labute approximate surface area is 132 Å². The van der Waals surface area contributed by atoms with Gasteiger partial charge in [0.2, 0.25) is 5.91 Å². The number of hydrogen-bond acceptors (Lipinski definition) is 3. The second-order valence-electron chi connectivity index (χ2n) is 4.69. The summed E-state index contributed by atoms with van der Waals surface area (Å²) in [6.45, 7) is 1.87. The van der Waals surface area contributed by atoms with Crippen LogP contribution in [0, 0.1) is 11.6 Å². The molecule has 4 nitrogen and oxygen atoms in total. The van der Waals surface area contributed by atoms with Gasteiger partial charge in [0.15, 0.2) is 6.79 Å². The lowest BCUT2D eigenvalue weighted by Crippen LogP contribution is -2.38. The van der Waals surface area contributed by atoms with Crippen LogP contribution in [0.3, 0.4) is 0 Å². The molecule has 0 bridgehead atoms. The maximum absolute atomic E-state index is 14.3. The molecule has 1 amide bonds. The third-order valence-electron chi connectivity index (χ3n) is 3.27. The van der Waals surface area contributed by atoms with Crippen LogP contribution in [0.2, 0.25) is 0 Å². The van der Waals surface area contributed by atoms with Crippen molar-refractivity contribution in [2.24, 2.45) is 0 Å². The van der Waals surface area contributed by atoms with Crippen LogP contribution in [0.4, 0.5) is 8.78 Å². The number of carbonyl (C=O) groups excluding carboxylic acids is 1. The van der Waals surface area contributed by atoms with Crippen LogP contribution in [0.5, 0.6) is 5.75 Å². The molecule has 22 heavy (non-hydrogen) atoms. The Morgan fingerprint density at radius 2 is 2.00 bits per heavy atom. The number of halogens is 3. The maximum Gasteiger partial charge on any atom is 0.245 e. The monoisotopic (exact) mass is 331 g/mol. The average Bonchev–Trinajstić information content (AvgIpc) is 2.48. The summed E-state index contributed by atoms with van der Waals surface area (Å²) in [6, 6.07) is 2.12. The highest BCUT2D eigenvalue weighted by Gasteiger charge is 2.31. The zero-order chi connectivity index (χ0) is 16.3. The first-order chi connectivity index (χ1) is 10.5. The van der Waals surface area contributed by atoms with Crippen molar-refractivity contribution in [1.29, 1.82) is 0 Å². The third kappa shape index (κ3) is 3.23. The molecule has 0 aromatic heterocycles. The molecule has 0 saturated heterocycles. The van der Waals surface area contributed by atoms with Crippen molar-refractivity contribution in [1.82, 2.24) is 4.90 Å². The van der Waals surface area contributed by atoms with E-state index in [0.29, 0.717) is 0 Å². The number of rotatable bonds is 5. The van der Waals surface area contributed by atoms with Crippen molar-refractivity contribution >= 4 is 23.2 Å². The molecule has 120 valence electrons. The van der Waals surface area contributed by atoms with Gasteiger partial charge in [0, 0.05) is 25.8 Å². The fraction of sp³-hybridized carbons (Fsp3) is 0.400. The van der Waals surface area contributed by atoms with Gasteiger partial charge < -0.3 is 14.4 Å². The second-order valence-corrected chi connectivity index (χ2v) is 5.21. The highest BCUT2D eigenvalue weighted by Crippen LogP contribution is 2.33. The lowest BCUT2D eigenvalue weighted by molar-refractivity contribution is -0.127. The summed E-state index contributed by atoms with van der Waals surface area (Å²) in [5.74, 6) is -1.96. The minimum atomic E-state index is -0.809. The maximum atomic E-state index is 14.3. The first kappa shape index (κ1) is 16.7. The zero-order valence-corrected chi connectivity index (χ0v) is 13.0. The summed E-state index contributed by atoms with van der Waals surface area (Å²) < 4.78 is 38.3. The van der Waals surface area contributed by atoms with Gasteiger partial charge in [-0.2, -0.15) is 0 Å². The fourth-order valence-corrected chi connectivity index (χ4v) is 2.49. The summed E-state index contributed by atoms with van der Waals surface area (Å²) in [4.78, 5) is 13.3. The van der Waals surface area contributed by atoms with Crippen LogP contribution < -0.4 is 4.74 Å². The van der Waals surface area contributed by atoms with Gasteiger partial charge >= 0.3 is 0 Å². The molecule has 1 aliphatic heterocycles. The number of methoxy groups -OCH3 is 1. The van der Waals surface area contributed by atoms with Crippen molar-refractivity contribution in [2.75, 3.05) is 20.4 Å². The van der Waals surface area contributed by atoms with Crippen molar-refractivity contribution in [2.45, 2.75) is 18.7 Å². The molecule has 0 fully saturated rings. The molecule has 0 aliphatic carbocycles. The molecule has 1 atom stereocenters. The topological polar surface area (TPSA) is 38.8 Å². The molecule has 1 heterocycles. The Kier molecular flexibility index (Phi) is 5.37. The molecule has 0 spiro atoms. The zero-order valence-electron chi connectivity index (χ0n) is 12.2. The fourth-order valence-electron chi connectivity index (χ4n) is 2.28. The van der Waals surface area contributed by atoms with Gasteiger partial charge in [0.1, 0.15) is 22.8 Å². The van der Waals surface area contributed by atoms with Crippen molar-refractivity contribution < 1.29 is 23.0 Å². The number of alkyl halides is 1. The molecule has 1 aromatic rings. The highest BCUT2D eigenvalue weighted by atomic mass is 35.5. The normalized spacial score (nSPS) is 18.4. The molecule has 0 saturated carbocycles. The van der Waals surface area contributed by atoms with Crippen LogP contribution in [-0.2, 0) is 9.53 Å². The van der Waals surface area contributed by atoms with Crippen LogP contribution in [0.25, 0.3) is 5.70 Å². The molecule has 0 radical (unpaired) electrons. The number of amides is 1. The lowest BCUT2D eigenvalue weighted by Gasteiger charge is -2.30. The molecule has 7 heteroatoms. The summed E-state index contributed by atoms with van der Waals surface area (Å²) in [5.41, 5.74) is -0.0683. The standard InChI is InChI=1S/C15H16ClF2NO3/c1-3-19-13(5-4-10(16)15(19)20)14-11(17)6-9(7-12(14)18)22-8-21-2/h5-7,10H,3-4,8H2,1-2H3. The number of ether oxygens (including phenoxy) is 2. The van der Waals surface area contributed by atoms with Gasteiger partial charge in [-0.25, -0.2) is 8.78 Å². The number of carbonyl (C=O) groups is 1. The minimum Gasteiger partial charge on any atom is -0.467 e.